The lowest BCUT2D eigenvalue weighted by Gasteiger charge is -2.05. The highest BCUT2D eigenvalue weighted by Crippen LogP contribution is 2.14. The van der Waals surface area contributed by atoms with Crippen molar-refractivity contribution in [3.63, 3.8) is 0 Å². The maximum absolute atomic E-state index is 11.0. The lowest BCUT2D eigenvalue weighted by molar-refractivity contribution is -0.140. The maximum Gasteiger partial charge on any atom is 0.309 e. The van der Waals surface area contributed by atoms with Gasteiger partial charge in [0.25, 0.3) is 0 Å². The van der Waals surface area contributed by atoms with Crippen LogP contribution in [0.4, 0.5) is 0 Å². The summed E-state index contributed by atoms with van der Waals surface area (Å²) in [5.41, 5.74) is 1.64. The Morgan fingerprint density at radius 3 is 1.21 bits per heavy atom. The van der Waals surface area contributed by atoms with Crippen molar-refractivity contribution in [1.29, 1.82) is 0 Å². The van der Waals surface area contributed by atoms with Crippen LogP contribution in [-0.4, -0.2) is 61.5 Å². The number of benzene rings is 2. The van der Waals surface area contributed by atoms with Crippen molar-refractivity contribution in [2.75, 3.05) is 27.4 Å². The lowest BCUT2D eigenvalue weighted by Crippen LogP contribution is -2.06. The fourth-order valence-corrected chi connectivity index (χ4v) is 2.40. The molecule has 0 atom stereocenters. The number of rotatable bonds is 12. The first-order chi connectivity index (χ1) is 16.2. The van der Waals surface area contributed by atoms with Crippen LogP contribution in [0.2, 0.25) is 0 Å². The smallest absolute Gasteiger partial charge is 0.309 e. The highest BCUT2D eigenvalue weighted by Gasteiger charge is 2.04. The first-order valence-electron chi connectivity index (χ1n) is 10.2. The van der Waals surface area contributed by atoms with Crippen LogP contribution in [0, 0.1) is 0 Å². The van der Waals surface area contributed by atoms with E-state index in [1.807, 2.05) is 0 Å². The number of carboxylic acids is 2. The first kappa shape index (κ1) is 28.0. The molecule has 0 unspecified atom stereocenters. The molecule has 0 aliphatic carbocycles. The summed E-state index contributed by atoms with van der Waals surface area (Å²) in [5, 5.41) is 16.9. The molecule has 2 aromatic carbocycles. The fraction of sp³-hybridized carbons (Fsp3) is 0.333. The molecular formula is C24H28O10. The van der Waals surface area contributed by atoms with Gasteiger partial charge in [-0.3, -0.25) is 19.2 Å². The molecule has 10 heteroatoms. The molecule has 0 bridgehead atoms. The van der Waals surface area contributed by atoms with Crippen molar-refractivity contribution in [3.05, 3.63) is 59.7 Å². The zero-order valence-corrected chi connectivity index (χ0v) is 19.0. The average molecular weight is 476 g/mol. The number of carbonyl (C=O) groups is 4. The second kappa shape index (κ2) is 15.7. The summed E-state index contributed by atoms with van der Waals surface area (Å²) in [6, 6.07) is 13.8. The van der Waals surface area contributed by atoms with Gasteiger partial charge in [-0.2, -0.15) is 0 Å². The van der Waals surface area contributed by atoms with Gasteiger partial charge in [-0.25, -0.2) is 0 Å². The van der Waals surface area contributed by atoms with E-state index in [1.54, 1.807) is 48.5 Å². The van der Waals surface area contributed by atoms with Crippen molar-refractivity contribution in [1.82, 2.24) is 0 Å². The van der Waals surface area contributed by atoms with Gasteiger partial charge in [0.15, 0.2) is 0 Å². The molecule has 34 heavy (non-hydrogen) atoms. The molecule has 0 aromatic heterocycles. The van der Waals surface area contributed by atoms with E-state index in [0.717, 1.165) is 11.1 Å². The second-order valence-corrected chi connectivity index (χ2v) is 6.78. The summed E-state index contributed by atoms with van der Waals surface area (Å²) < 4.78 is 19.5. The fourth-order valence-electron chi connectivity index (χ4n) is 2.40. The van der Waals surface area contributed by atoms with Crippen LogP contribution in [0.3, 0.4) is 0 Å². The van der Waals surface area contributed by atoms with Crippen molar-refractivity contribution >= 4 is 23.9 Å². The van der Waals surface area contributed by atoms with Gasteiger partial charge in [0.05, 0.1) is 53.1 Å². The molecule has 0 aliphatic heterocycles. The second-order valence-electron chi connectivity index (χ2n) is 6.78. The van der Waals surface area contributed by atoms with Gasteiger partial charge in [-0.1, -0.05) is 24.3 Å². The van der Waals surface area contributed by atoms with E-state index in [2.05, 4.69) is 9.47 Å². The van der Waals surface area contributed by atoms with Crippen molar-refractivity contribution < 1.29 is 48.3 Å². The van der Waals surface area contributed by atoms with Crippen LogP contribution in [0.1, 0.15) is 24.0 Å². The van der Waals surface area contributed by atoms with E-state index in [-0.39, 0.29) is 50.8 Å². The summed E-state index contributed by atoms with van der Waals surface area (Å²) in [5.74, 6) is -1.23. The number of carboxylic acid groups (broad SMARTS) is 2. The van der Waals surface area contributed by atoms with Gasteiger partial charge in [0.2, 0.25) is 0 Å². The minimum absolute atomic E-state index is 0.0378. The Kier molecular flexibility index (Phi) is 12.9. The van der Waals surface area contributed by atoms with E-state index in [9.17, 15) is 19.2 Å². The lowest BCUT2D eigenvalue weighted by atomic mass is 10.1. The third-order valence-corrected chi connectivity index (χ3v) is 4.17. The molecule has 0 spiro atoms. The monoisotopic (exact) mass is 476 g/mol. The minimum atomic E-state index is -0.896. The Morgan fingerprint density at radius 2 is 0.941 bits per heavy atom. The molecule has 0 aliphatic rings. The van der Waals surface area contributed by atoms with Crippen LogP contribution in [0.15, 0.2) is 48.5 Å². The van der Waals surface area contributed by atoms with Crippen molar-refractivity contribution in [2.45, 2.75) is 25.7 Å². The van der Waals surface area contributed by atoms with E-state index in [4.69, 9.17) is 19.7 Å². The van der Waals surface area contributed by atoms with Crippen LogP contribution >= 0.6 is 0 Å². The number of methoxy groups -OCH3 is 2. The highest BCUT2D eigenvalue weighted by atomic mass is 16.5. The zero-order chi connectivity index (χ0) is 25.3. The van der Waals surface area contributed by atoms with Crippen molar-refractivity contribution in [3.8, 4) is 11.5 Å². The Balaban J connectivity index is 0.000000340. The molecule has 2 aromatic rings. The van der Waals surface area contributed by atoms with Gasteiger partial charge in [0, 0.05) is 0 Å². The zero-order valence-electron chi connectivity index (χ0n) is 19.0. The molecule has 2 rings (SSSR count). The number of esters is 2. The number of hydrogen-bond acceptors (Lipinski definition) is 8. The third kappa shape index (κ3) is 12.7. The van der Waals surface area contributed by atoms with Gasteiger partial charge in [-0.05, 0) is 35.4 Å². The van der Waals surface area contributed by atoms with Gasteiger partial charge >= 0.3 is 23.9 Å². The minimum Gasteiger partial charge on any atom is -0.493 e. The van der Waals surface area contributed by atoms with Crippen LogP contribution < -0.4 is 9.47 Å². The van der Waals surface area contributed by atoms with Crippen LogP contribution in [-0.2, 0) is 41.5 Å². The molecule has 2 N–H and O–H groups in total. The molecule has 0 radical (unpaired) electrons. The number of aliphatic carboxylic acids is 2. The van der Waals surface area contributed by atoms with Gasteiger partial charge in [-0.15, -0.1) is 0 Å². The molecule has 0 heterocycles. The van der Waals surface area contributed by atoms with Crippen molar-refractivity contribution in [2.24, 2.45) is 0 Å². The van der Waals surface area contributed by atoms with E-state index < -0.39 is 11.9 Å². The van der Waals surface area contributed by atoms with Crippen LogP contribution in [0.5, 0.6) is 11.5 Å². The Bertz CT molecular complexity index is 842. The number of hydrogen-bond donors (Lipinski definition) is 2. The number of carbonyl (C=O) groups excluding carboxylic acids is 2. The Labute approximate surface area is 197 Å². The summed E-state index contributed by atoms with van der Waals surface area (Å²) in [7, 11) is 2.68. The Morgan fingerprint density at radius 1 is 0.618 bits per heavy atom. The maximum atomic E-state index is 11.0. The number of ether oxygens (including phenoxy) is 4. The SMILES string of the molecule is COC(=O)Cc1ccc(OCCC(=O)O)cc1.COC(=O)Cc1ccc(OCCC(=O)O)cc1. The third-order valence-electron chi connectivity index (χ3n) is 4.17. The molecule has 0 saturated heterocycles. The van der Waals surface area contributed by atoms with Crippen LogP contribution in [0.25, 0.3) is 0 Å². The van der Waals surface area contributed by atoms with E-state index in [0.29, 0.717) is 11.5 Å². The standard InChI is InChI=1S/2C12H14O5/c2*1-16-12(15)8-9-2-4-10(5-3-9)17-7-6-11(13)14/h2*2-5H,6-8H2,1H3,(H,13,14). The largest absolute Gasteiger partial charge is 0.493 e. The topological polar surface area (TPSA) is 146 Å². The molecule has 0 saturated carbocycles. The van der Waals surface area contributed by atoms with E-state index in [1.165, 1.54) is 14.2 Å². The summed E-state index contributed by atoms with van der Waals surface area (Å²) in [6.07, 6.45) is 0.353. The summed E-state index contributed by atoms with van der Waals surface area (Å²) >= 11 is 0. The molecule has 10 nitrogen and oxygen atoms in total. The molecular weight excluding hydrogens is 448 g/mol. The normalized spacial score (nSPS) is 9.71. The molecule has 0 amide bonds. The predicted octanol–water partition coefficient (Wildman–Crippen LogP) is 2.51. The van der Waals surface area contributed by atoms with Gasteiger partial charge < -0.3 is 29.2 Å². The Hall–Kier alpha value is -4.08. The predicted molar refractivity (Wildman–Crippen MR) is 120 cm³/mol. The average Bonchev–Trinajstić information content (AvgIpc) is 2.81. The van der Waals surface area contributed by atoms with E-state index >= 15 is 0 Å². The van der Waals surface area contributed by atoms with Gasteiger partial charge in [0.1, 0.15) is 11.5 Å². The molecule has 184 valence electrons. The highest BCUT2D eigenvalue weighted by molar-refractivity contribution is 5.72. The molecule has 0 fully saturated rings. The first-order valence-corrected chi connectivity index (χ1v) is 10.2. The quantitative estimate of drug-likeness (QED) is 0.438. The summed E-state index contributed by atoms with van der Waals surface area (Å²) in [4.78, 5) is 42.5. The summed E-state index contributed by atoms with van der Waals surface area (Å²) in [6.45, 7) is 0.261.